The van der Waals surface area contributed by atoms with Crippen molar-refractivity contribution in [2.24, 2.45) is 11.5 Å². The fourth-order valence-electron chi connectivity index (χ4n) is 0.365. The Morgan fingerprint density at radius 2 is 1.57 bits per heavy atom. The third-order valence-corrected chi connectivity index (χ3v) is 1.18. The fourth-order valence-corrected chi connectivity index (χ4v) is 0.365. The highest BCUT2D eigenvalue weighted by Gasteiger charge is 2.37. The summed E-state index contributed by atoms with van der Waals surface area (Å²) in [5, 5.41) is 34.0. The van der Waals surface area contributed by atoms with Crippen LogP contribution in [-0.2, 0) is 11.4 Å². The lowest BCUT2D eigenvalue weighted by atomic mass is 10.1. The van der Waals surface area contributed by atoms with E-state index in [4.69, 9.17) is 45.2 Å². The van der Waals surface area contributed by atoms with Crippen LogP contribution in [0.3, 0.4) is 0 Å². The molecule has 88 valence electrons. The molecule has 14 heavy (non-hydrogen) atoms. The van der Waals surface area contributed by atoms with E-state index in [1.54, 1.807) is 0 Å². The van der Waals surface area contributed by atoms with Crippen LogP contribution in [0.1, 0.15) is 0 Å². The molecule has 0 fully saturated rings. The van der Waals surface area contributed by atoms with E-state index in [0.717, 1.165) is 0 Å². The average molecular weight is 234 g/mol. The molecule has 0 aromatic carbocycles. The van der Waals surface area contributed by atoms with Crippen molar-refractivity contribution in [3.8, 4) is 0 Å². The molecule has 1 atom stereocenters. The zero-order chi connectivity index (χ0) is 11.9. The highest BCUT2D eigenvalue weighted by atomic mass is 32.2. The van der Waals surface area contributed by atoms with Gasteiger partial charge in [-0.15, -0.1) is 0 Å². The topological polar surface area (TPSA) is 190 Å². The number of aliphatic hydroxyl groups is 4. The summed E-state index contributed by atoms with van der Waals surface area (Å²) in [5.41, 5.74) is 9.94. The van der Waals surface area contributed by atoms with Gasteiger partial charge in [-0.2, -0.15) is 4.21 Å². The second-order valence-corrected chi connectivity index (χ2v) is 2.69. The first-order valence-corrected chi connectivity index (χ1v) is 4.29. The minimum Gasteiger partial charge on any atom is -0.364 e. The largest absolute Gasteiger partial charge is 0.364 e. The van der Waals surface area contributed by atoms with Gasteiger partial charge in [0.05, 0.1) is 6.04 Å². The molecule has 0 amide bonds. The molecule has 0 radical (unpaired) electrons. The van der Waals surface area contributed by atoms with Crippen LogP contribution in [0.25, 0.3) is 0 Å². The smallest absolute Gasteiger partial charge is 0.299 e. The maximum Gasteiger partial charge on any atom is 0.299 e. The summed E-state index contributed by atoms with van der Waals surface area (Å²) in [6.07, 6.45) is -2.30. The summed E-state index contributed by atoms with van der Waals surface area (Å²) in [5.74, 6) is -2.73. The standard InChI is InChI=1S/C4H12N2O4.H2O3S/c5-1-2(6)4(9,10)3(7)8;1-4(2)3/h2-3,7-10H,1,5-6H2;(H2,1,2,3). The van der Waals surface area contributed by atoms with E-state index in [2.05, 4.69) is 0 Å². The fraction of sp³-hybridized carbons (Fsp3) is 1.00. The van der Waals surface area contributed by atoms with E-state index in [9.17, 15) is 0 Å². The average Bonchev–Trinajstić information content (AvgIpc) is 2.01. The lowest BCUT2D eigenvalue weighted by Crippen LogP contribution is -2.59. The maximum atomic E-state index is 8.71. The molecule has 10 heteroatoms. The van der Waals surface area contributed by atoms with Crippen molar-refractivity contribution < 1.29 is 33.7 Å². The van der Waals surface area contributed by atoms with Crippen LogP contribution in [0.2, 0.25) is 0 Å². The van der Waals surface area contributed by atoms with Crippen molar-refractivity contribution in [1.29, 1.82) is 0 Å². The zero-order valence-corrected chi connectivity index (χ0v) is 7.83. The van der Waals surface area contributed by atoms with Crippen LogP contribution in [0, 0.1) is 0 Å². The Labute approximate surface area is 82.1 Å². The molecule has 0 aromatic rings. The molecule has 10 N–H and O–H groups in total. The van der Waals surface area contributed by atoms with Crippen molar-refractivity contribution in [3.05, 3.63) is 0 Å². The highest BCUT2D eigenvalue weighted by Crippen LogP contribution is 2.06. The van der Waals surface area contributed by atoms with E-state index in [0.29, 0.717) is 0 Å². The predicted molar refractivity (Wildman–Crippen MR) is 45.8 cm³/mol. The molecule has 0 bridgehead atoms. The van der Waals surface area contributed by atoms with Gasteiger partial charge in [-0.3, -0.25) is 9.11 Å². The molecule has 0 aliphatic carbocycles. The minimum absolute atomic E-state index is 0.245. The normalized spacial score (nSPS) is 13.9. The minimum atomic E-state index is -2.73. The van der Waals surface area contributed by atoms with Gasteiger partial charge in [0.25, 0.3) is 11.4 Å². The Bertz CT molecular complexity index is 171. The van der Waals surface area contributed by atoms with Crippen LogP contribution in [-0.4, -0.2) is 58.4 Å². The van der Waals surface area contributed by atoms with Gasteiger partial charge in [-0.25, -0.2) is 0 Å². The van der Waals surface area contributed by atoms with Crippen LogP contribution in [0.5, 0.6) is 0 Å². The van der Waals surface area contributed by atoms with Crippen molar-refractivity contribution in [2.75, 3.05) is 6.54 Å². The Kier molecular flexibility index (Phi) is 8.33. The second-order valence-electron chi connectivity index (χ2n) is 2.23. The number of hydrogen-bond donors (Lipinski definition) is 8. The SMILES string of the molecule is NCC(N)C(O)(O)C(O)O.O=S(O)O. The monoisotopic (exact) mass is 234 g/mol. The first-order chi connectivity index (χ1) is 6.16. The lowest BCUT2D eigenvalue weighted by molar-refractivity contribution is -0.297. The molecule has 0 aromatic heterocycles. The Hall–Kier alpha value is -0.170. The Morgan fingerprint density at radius 3 is 1.64 bits per heavy atom. The third kappa shape index (κ3) is 7.25. The Balaban J connectivity index is 0. The van der Waals surface area contributed by atoms with E-state index in [1.165, 1.54) is 0 Å². The van der Waals surface area contributed by atoms with E-state index in [1.807, 2.05) is 0 Å². The number of aliphatic hydroxyl groups excluding tert-OH is 1. The number of rotatable bonds is 3. The zero-order valence-electron chi connectivity index (χ0n) is 7.02. The number of hydrogen-bond acceptors (Lipinski definition) is 7. The second kappa shape index (κ2) is 7.17. The molecule has 0 spiro atoms. The summed E-state index contributed by atoms with van der Waals surface area (Å²) < 4.78 is 22.8. The van der Waals surface area contributed by atoms with Crippen molar-refractivity contribution in [3.63, 3.8) is 0 Å². The van der Waals surface area contributed by atoms with Crippen LogP contribution >= 0.6 is 0 Å². The Morgan fingerprint density at radius 1 is 1.29 bits per heavy atom. The third-order valence-electron chi connectivity index (χ3n) is 1.18. The summed E-state index contributed by atoms with van der Waals surface area (Å²) >= 11 is -2.61. The quantitative estimate of drug-likeness (QED) is 0.177. The van der Waals surface area contributed by atoms with Gasteiger partial charge in [0, 0.05) is 6.54 Å². The molecule has 0 rings (SSSR count). The lowest BCUT2D eigenvalue weighted by Gasteiger charge is -2.28. The molecule has 0 saturated heterocycles. The highest BCUT2D eigenvalue weighted by molar-refractivity contribution is 7.73. The van der Waals surface area contributed by atoms with E-state index in [-0.39, 0.29) is 6.54 Å². The molecule has 0 heterocycles. The van der Waals surface area contributed by atoms with E-state index >= 15 is 0 Å². The first kappa shape index (κ1) is 16.3. The first-order valence-electron chi connectivity index (χ1n) is 3.22. The van der Waals surface area contributed by atoms with Gasteiger partial charge in [0.2, 0.25) is 12.1 Å². The summed E-state index contributed by atoms with van der Waals surface area (Å²) in [7, 11) is 0. The summed E-state index contributed by atoms with van der Waals surface area (Å²) in [4.78, 5) is 0. The van der Waals surface area contributed by atoms with Gasteiger partial charge in [0.1, 0.15) is 0 Å². The van der Waals surface area contributed by atoms with E-state index < -0.39 is 29.5 Å². The van der Waals surface area contributed by atoms with Gasteiger partial charge in [0.15, 0.2) is 0 Å². The van der Waals surface area contributed by atoms with Crippen LogP contribution in [0.15, 0.2) is 0 Å². The predicted octanol–water partition coefficient (Wildman–Crippen LogP) is -4.05. The molecule has 0 aliphatic heterocycles. The van der Waals surface area contributed by atoms with Gasteiger partial charge in [-0.1, -0.05) is 0 Å². The van der Waals surface area contributed by atoms with Crippen molar-refractivity contribution in [2.45, 2.75) is 18.1 Å². The molecular formula is C4H14N2O7S. The maximum absolute atomic E-state index is 8.71. The van der Waals surface area contributed by atoms with Crippen molar-refractivity contribution in [1.82, 2.24) is 0 Å². The van der Waals surface area contributed by atoms with Crippen LogP contribution in [0.4, 0.5) is 0 Å². The molecule has 1 unspecified atom stereocenters. The summed E-state index contributed by atoms with van der Waals surface area (Å²) in [6, 6.07) is -1.27. The van der Waals surface area contributed by atoms with Gasteiger partial charge < -0.3 is 31.9 Å². The molecular weight excluding hydrogens is 220 g/mol. The molecule has 0 saturated carbocycles. The summed E-state index contributed by atoms with van der Waals surface area (Å²) in [6.45, 7) is -0.245. The van der Waals surface area contributed by atoms with Gasteiger partial charge >= 0.3 is 0 Å². The molecule has 9 nitrogen and oxygen atoms in total. The van der Waals surface area contributed by atoms with Gasteiger partial charge in [-0.05, 0) is 0 Å². The number of nitrogens with two attached hydrogens (primary N) is 2. The molecule has 0 aliphatic rings. The van der Waals surface area contributed by atoms with Crippen molar-refractivity contribution >= 4 is 11.4 Å². The van der Waals surface area contributed by atoms with Crippen LogP contribution < -0.4 is 11.5 Å².